The van der Waals surface area contributed by atoms with Gasteiger partial charge in [0.15, 0.2) is 0 Å². The SMILES string of the molecule is CCCN(CCN(C)C)C(=O)c1ccccc1NC. The number of carbonyl (C=O) groups is 1. The number of likely N-dealkylation sites (N-methyl/N-ethyl adjacent to an activating group) is 1. The number of anilines is 1. The molecule has 4 heteroatoms. The van der Waals surface area contributed by atoms with E-state index in [0.29, 0.717) is 0 Å². The van der Waals surface area contributed by atoms with Crippen LogP contribution in [0.1, 0.15) is 23.7 Å². The highest BCUT2D eigenvalue weighted by molar-refractivity contribution is 5.99. The minimum absolute atomic E-state index is 0.105. The van der Waals surface area contributed by atoms with Gasteiger partial charge in [-0.25, -0.2) is 0 Å². The van der Waals surface area contributed by atoms with Crippen molar-refractivity contribution in [1.29, 1.82) is 0 Å². The van der Waals surface area contributed by atoms with Crippen molar-refractivity contribution < 1.29 is 4.79 Å². The Morgan fingerprint density at radius 1 is 1.16 bits per heavy atom. The maximum atomic E-state index is 12.6. The van der Waals surface area contributed by atoms with Crippen LogP contribution in [0.5, 0.6) is 0 Å². The van der Waals surface area contributed by atoms with Gasteiger partial charge in [0, 0.05) is 32.4 Å². The lowest BCUT2D eigenvalue weighted by Crippen LogP contribution is -2.37. The third-order valence-corrected chi connectivity index (χ3v) is 3.02. The molecule has 0 aliphatic heterocycles. The van der Waals surface area contributed by atoms with Crippen molar-refractivity contribution in [3.05, 3.63) is 29.8 Å². The summed E-state index contributed by atoms with van der Waals surface area (Å²) >= 11 is 0. The fraction of sp³-hybridized carbons (Fsp3) is 0.533. The third kappa shape index (κ3) is 4.56. The molecule has 0 saturated heterocycles. The number of benzene rings is 1. The first kappa shape index (κ1) is 15.5. The highest BCUT2D eigenvalue weighted by Crippen LogP contribution is 2.16. The van der Waals surface area contributed by atoms with Gasteiger partial charge in [-0.15, -0.1) is 0 Å². The summed E-state index contributed by atoms with van der Waals surface area (Å²) in [5.74, 6) is 0.105. The second-order valence-corrected chi connectivity index (χ2v) is 4.89. The van der Waals surface area contributed by atoms with Crippen LogP contribution in [0.15, 0.2) is 24.3 Å². The number of hydrogen-bond acceptors (Lipinski definition) is 3. The molecule has 0 radical (unpaired) electrons. The van der Waals surface area contributed by atoms with Gasteiger partial charge < -0.3 is 15.1 Å². The van der Waals surface area contributed by atoms with Crippen molar-refractivity contribution in [3.63, 3.8) is 0 Å². The summed E-state index contributed by atoms with van der Waals surface area (Å²) in [6.45, 7) is 4.54. The minimum atomic E-state index is 0.105. The molecule has 1 aromatic rings. The number of nitrogens with zero attached hydrogens (tertiary/aromatic N) is 2. The molecule has 0 atom stereocenters. The van der Waals surface area contributed by atoms with Crippen molar-refractivity contribution in [2.45, 2.75) is 13.3 Å². The molecule has 1 amide bonds. The molecule has 0 heterocycles. The smallest absolute Gasteiger partial charge is 0.255 e. The fourth-order valence-corrected chi connectivity index (χ4v) is 1.96. The van der Waals surface area contributed by atoms with Crippen LogP contribution in [0.2, 0.25) is 0 Å². The molecule has 0 aromatic heterocycles. The Labute approximate surface area is 116 Å². The molecule has 0 aliphatic carbocycles. The lowest BCUT2D eigenvalue weighted by molar-refractivity contribution is 0.0746. The first-order valence-electron chi connectivity index (χ1n) is 6.81. The quantitative estimate of drug-likeness (QED) is 0.818. The predicted octanol–water partition coefficient (Wildman–Crippen LogP) is 2.14. The number of hydrogen-bond donors (Lipinski definition) is 1. The summed E-state index contributed by atoms with van der Waals surface area (Å²) in [6.07, 6.45) is 0.973. The molecular formula is C15H25N3O. The standard InChI is InChI=1S/C15H25N3O/c1-5-10-18(12-11-17(3)4)15(19)13-8-6-7-9-14(13)16-2/h6-9,16H,5,10-12H2,1-4H3. The zero-order valence-corrected chi connectivity index (χ0v) is 12.4. The van der Waals surface area contributed by atoms with Gasteiger partial charge >= 0.3 is 0 Å². The first-order valence-corrected chi connectivity index (χ1v) is 6.81. The minimum Gasteiger partial charge on any atom is -0.387 e. The molecule has 0 saturated carbocycles. The third-order valence-electron chi connectivity index (χ3n) is 3.02. The van der Waals surface area contributed by atoms with Crippen LogP contribution < -0.4 is 5.32 Å². The van der Waals surface area contributed by atoms with E-state index < -0.39 is 0 Å². The highest BCUT2D eigenvalue weighted by Gasteiger charge is 2.17. The number of rotatable bonds is 7. The summed E-state index contributed by atoms with van der Waals surface area (Å²) in [6, 6.07) is 7.66. The van der Waals surface area contributed by atoms with E-state index >= 15 is 0 Å². The monoisotopic (exact) mass is 263 g/mol. The van der Waals surface area contributed by atoms with E-state index in [1.165, 1.54) is 0 Å². The summed E-state index contributed by atoms with van der Waals surface area (Å²) in [4.78, 5) is 16.6. The van der Waals surface area contributed by atoms with Gasteiger partial charge in [-0.3, -0.25) is 4.79 Å². The Bertz CT molecular complexity index is 404. The predicted molar refractivity (Wildman–Crippen MR) is 80.7 cm³/mol. The number of para-hydroxylation sites is 1. The Morgan fingerprint density at radius 2 is 1.84 bits per heavy atom. The Kier molecular flexibility index (Phi) is 6.36. The normalized spacial score (nSPS) is 10.6. The Morgan fingerprint density at radius 3 is 2.42 bits per heavy atom. The van der Waals surface area contributed by atoms with E-state index in [1.54, 1.807) is 0 Å². The largest absolute Gasteiger partial charge is 0.387 e. The van der Waals surface area contributed by atoms with Crippen molar-refractivity contribution in [2.75, 3.05) is 46.1 Å². The lowest BCUT2D eigenvalue weighted by atomic mass is 10.1. The van der Waals surface area contributed by atoms with Crippen LogP contribution in [0, 0.1) is 0 Å². The second-order valence-electron chi connectivity index (χ2n) is 4.89. The van der Waals surface area contributed by atoms with Crippen LogP contribution in [0.4, 0.5) is 5.69 Å². The van der Waals surface area contributed by atoms with Crippen LogP contribution in [-0.2, 0) is 0 Å². The molecule has 0 aliphatic rings. The summed E-state index contributed by atoms with van der Waals surface area (Å²) in [7, 11) is 5.89. The zero-order chi connectivity index (χ0) is 14.3. The molecule has 19 heavy (non-hydrogen) atoms. The van der Waals surface area contributed by atoms with Crippen LogP contribution in [-0.4, -0.2) is 56.5 Å². The molecule has 1 N–H and O–H groups in total. The van der Waals surface area contributed by atoms with E-state index in [4.69, 9.17) is 0 Å². The van der Waals surface area contributed by atoms with E-state index in [0.717, 1.165) is 37.3 Å². The lowest BCUT2D eigenvalue weighted by Gasteiger charge is -2.25. The molecule has 0 spiro atoms. The van der Waals surface area contributed by atoms with Crippen LogP contribution >= 0.6 is 0 Å². The fourth-order valence-electron chi connectivity index (χ4n) is 1.96. The molecule has 0 bridgehead atoms. The average molecular weight is 263 g/mol. The Hall–Kier alpha value is -1.55. The number of amides is 1. The van der Waals surface area contributed by atoms with E-state index in [2.05, 4.69) is 17.1 Å². The van der Waals surface area contributed by atoms with Gasteiger partial charge in [-0.1, -0.05) is 19.1 Å². The second kappa shape index (κ2) is 7.79. The maximum absolute atomic E-state index is 12.6. The maximum Gasteiger partial charge on any atom is 0.255 e. The van der Waals surface area contributed by atoms with Crippen molar-refractivity contribution in [1.82, 2.24) is 9.80 Å². The molecule has 0 fully saturated rings. The Balaban J connectivity index is 2.85. The molecule has 1 rings (SSSR count). The van der Waals surface area contributed by atoms with Gasteiger partial charge in [0.2, 0.25) is 0 Å². The highest BCUT2D eigenvalue weighted by atomic mass is 16.2. The first-order chi connectivity index (χ1) is 9.10. The van der Waals surface area contributed by atoms with E-state index in [-0.39, 0.29) is 5.91 Å². The molecular weight excluding hydrogens is 238 g/mol. The van der Waals surface area contributed by atoms with E-state index in [1.807, 2.05) is 50.3 Å². The van der Waals surface area contributed by atoms with Crippen molar-refractivity contribution >= 4 is 11.6 Å². The average Bonchev–Trinajstić information content (AvgIpc) is 2.42. The zero-order valence-electron chi connectivity index (χ0n) is 12.4. The van der Waals surface area contributed by atoms with E-state index in [9.17, 15) is 4.79 Å². The topological polar surface area (TPSA) is 35.6 Å². The van der Waals surface area contributed by atoms with Gasteiger partial charge in [0.05, 0.1) is 5.56 Å². The molecule has 4 nitrogen and oxygen atoms in total. The summed E-state index contributed by atoms with van der Waals surface area (Å²) in [5.41, 5.74) is 1.63. The molecule has 1 aromatic carbocycles. The molecule has 0 unspecified atom stereocenters. The number of carbonyl (C=O) groups excluding carboxylic acids is 1. The van der Waals surface area contributed by atoms with Gasteiger partial charge in [0.25, 0.3) is 5.91 Å². The van der Waals surface area contributed by atoms with Crippen LogP contribution in [0.3, 0.4) is 0 Å². The van der Waals surface area contributed by atoms with Gasteiger partial charge in [-0.05, 0) is 32.6 Å². The summed E-state index contributed by atoms with van der Waals surface area (Å²) < 4.78 is 0. The van der Waals surface area contributed by atoms with Gasteiger partial charge in [0.1, 0.15) is 0 Å². The number of nitrogens with one attached hydrogen (secondary N) is 1. The van der Waals surface area contributed by atoms with Crippen LogP contribution in [0.25, 0.3) is 0 Å². The summed E-state index contributed by atoms with van der Waals surface area (Å²) in [5, 5.41) is 3.08. The van der Waals surface area contributed by atoms with Crippen molar-refractivity contribution in [2.24, 2.45) is 0 Å². The van der Waals surface area contributed by atoms with Crippen molar-refractivity contribution in [3.8, 4) is 0 Å². The van der Waals surface area contributed by atoms with Gasteiger partial charge in [-0.2, -0.15) is 0 Å². The molecule has 106 valence electrons.